The van der Waals surface area contributed by atoms with Crippen LogP contribution in [-0.4, -0.2) is 47.4 Å². The van der Waals surface area contributed by atoms with Gasteiger partial charge in [0.05, 0.1) is 25.4 Å². The lowest BCUT2D eigenvalue weighted by Crippen LogP contribution is -2.45. The molecule has 0 spiro atoms. The number of hydrogen-bond acceptors (Lipinski definition) is 5. The lowest BCUT2D eigenvalue weighted by atomic mass is 10.0. The van der Waals surface area contributed by atoms with Gasteiger partial charge in [0.2, 0.25) is 5.91 Å². The second kappa shape index (κ2) is 62.1. The molecule has 0 saturated heterocycles. The number of carbonyl (C=O) groups excluding carboxylic acids is 2. The normalized spacial score (nSPS) is 12.6. The second-order valence-electron chi connectivity index (χ2n) is 22.8. The van der Waals surface area contributed by atoms with Gasteiger partial charge in [-0.2, -0.15) is 0 Å². The minimum absolute atomic E-state index is 0.0227. The molecule has 0 aliphatic rings. The number of aliphatic hydroxyl groups excluding tert-OH is 2. The zero-order valence-electron chi connectivity index (χ0n) is 48.9. The average Bonchev–Trinajstić information content (AvgIpc) is 3.38. The van der Waals surface area contributed by atoms with E-state index in [1.54, 1.807) is 6.08 Å². The van der Waals surface area contributed by atoms with E-state index < -0.39 is 12.1 Å². The highest BCUT2D eigenvalue weighted by atomic mass is 16.5. The third-order valence-corrected chi connectivity index (χ3v) is 15.6. The van der Waals surface area contributed by atoms with Gasteiger partial charge >= 0.3 is 5.97 Å². The zero-order chi connectivity index (χ0) is 52.2. The van der Waals surface area contributed by atoms with Crippen LogP contribution in [0.25, 0.3) is 0 Å². The molecule has 2 atom stereocenters. The SMILES string of the molecule is CCCCCCCCCC/C=C/C(O)C(CO)NC(=O)CCCCCCCCCCCCCCCCCCCCCCCCCCCCCOC(=O)CCCCCCCCCCCCCCCCCCCC. The van der Waals surface area contributed by atoms with Gasteiger partial charge in [-0.25, -0.2) is 0 Å². The van der Waals surface area contributed by atoms with Gasteiger partial charge in [-0.1, -0.05) is 341 Å². The summed E-state index contributed by atoms with van der Waals surface area (Å²) < 4.78 is 5.51. The summed E-state index contributed by atoms with van der Waals surface area (Å²) in [5.74, 6) is -0.0428. The molecular weight excluding hydrogens is 887 g/mol. The van der Waals surface area contributed by atoms with Crippen molar-refractivity contribution in [3.63, 3.8) is 0 Å². The van der Waals surface area contributed by atoms with Crippen molar-refractivity contribution in [3.05, 3.63) is 12.2 Å². The van der Waals surface area contributed by atoms with Crippen LogP contribution in [0, 0.1) is 0 Å². The van der Waals surface area contributed by atoms with Gasteiger partial charge in [-0.15, -0.1) is 0 Å². The molecule has 72 heavy (non-hydrogen) atoms. The maximum atomic E-state index is 12.4. The predicted molar refractivity (Wildman–Crippen MR) is 315 cm³/mol. The van der Waals surface area contributed by atoms with E-state index in [4.69, 9.17) is 4.74 Å². The molecule has 0 saturated carbocycles. The van der Waals surface area contributed by atoms with Gasteiger partial charge in [0.25, 0.3) is 0 Å². The molecular formula is C66H129NO5. The Balaban J connectivity index is 3.31. The summed E-state index contributed by atoms with van der Waals surface area (Å²) in [5, 5.41) is 23.0. The summed E-state index contributed by atoms with van der Waals surface area (Å²) in [6.45, 7) is 4.92. The van der Waals surface area contributed by atoms with E-state index in [9.17, 15) is 19.8 Å². The fraction of sp³-hybridized carbons (Fsp3) is 0.939. The highest BCUT2D eigenvalue weighted by Crippen LogP contribution is 2.19. The first-order chi connectivity index (χ1) is 35.5. The van der Waals surface area contributed by atoms with Crippen molar-refractivity contribution in [1.82, 2.24) is 5.32 Å². The number of nitrogens with one attached hydrogen (secondary N) is 1. The number of unbranched alkanes of at least 4 members (excludes halogenated alkanes) is 51. The maximum Gasteiger partial charge on any atom is 0.305 e. The summed E-state index contributed by atoms with van der Waals surface area (Å²) in [5.41, 5.74) is 0. The van der Waals surface area contributed by atoms with Crippen LogP contribution in [0.15, 0.2) is 12.2 Å². The summed E-state index contributed by atoms with van der Waals surface area (Å²) in [6, 6.07) is -0.623. The fourth-order valence-electron chi connectivity index (χ4n) is 10.5. The van der Waals surface area contributed by atoms with Crippen molar-refractivity contribution in [3.8, 4) is 0 Å². The first kappa shape index (κ1) is 70.6. The molecule has 0 aromatic rings. The Morgan fingerprint density at radius 2 is 0.639 bits per heavy atom. The van der Waals surface area contributed by atoms with Crippen LogP contribution in [0.4, 0.5) is 0 Å². The van der Waals surface area contributed by atoms with Crippen molar-refractivity contribution < 1.29 is 24.5 Å². The molecule has 0 aromatic carbocycles. The molecule has 0 aromatic heterocycles. The Morgan fingerprint density at radius 3 is 0.944 bits per heavy atom. The van der Waals surface area contributed by atoms with Gasteiger partial charge in [0, 0.05) is 12.8 Å². The molecule has 0 aliphatic heterocycles. The Hall–Kier alpha value is -1.40. The largest absolute Gasteiger partial charge is 0.466 e. The fourth-order valence-corrected chi connectivity index (χ4v) is 10.5. The van der Waals surface area contributed by atoms with E-state index in [1.807, 2.05) is 6.08 Å². The van der Waals surface area contributed by atoms with E-state index >= 15 is 0 Å². The summed E-state index contributed by atoms with van der Waals surface area (Å²) in [7, 11) is 0. The van der Waals surface area contributed by atoms with E-state index in [1.165, 1.54) is 308 Å². The van der Waals surface area contributed by atoms with Crippen molar-refractivity contribution in [2.75, 3.05) is 13.2 Å². The number of aliphatic hydroxyl groups is 2. The zero-order valence-corrected chi connectivity index (χ0v) is 48.9. The quantitative estimate of drug-likeness (QED) is 0.0320. The van der Waals surface area contributed by atoms with Gasteiger partial charge in [0.15, 0.2) is 0 Å². The van der Waals surface area contributed by atoms with E-state index in [0.29, 0.717) is 19.4 Å². The number of amides is 1. The maximum absolute atomic E-state index is 12.4. The van der Waals surface area contributed by atoms with Crippen LogP contribution in [0.1, 0.15) is 373 Å². The molecule has 6 nitrogen and oxygen atoms in total. The molecule has 1 amide bonds. The number of rotatable bonds is 62. The van der Waals surface area contributed by atoms with Crippen molar-refractivity contribution in [2.24, 2.45) is 0 Å². The minimum Gasteiger partial charge on any atom is -0.466 e. The van der Waals surface area contributed by atoms with E-state index in [2.05, 4.69) is 19.2 Å². The molecule has 6 heteroatoms. The average molecular weight is 1020 g/mol. The number of allylic oxidation sites excluding steroid dienone is 1. The van der Waals surface area contributed by atoms with Gasteiger partial charge in [0.1, 0.15) is 0 Å². The highest BCUT2D eigenvalue weighted by molar-refractivity contribution is 5.76. The molecule has 0 radical (unpaired) electrons. The predicted octanol–water partition coefficient (Wildman–Crippen LogP) is 20.8. The van der Waals surface area contributed by atoms with Crippen molar-refractivity contribution in [2.45, 2.75) is 386 Å². The van der Waals surface area contributed by atoms with Crippen molar-refractivity contribution >= 4 is 11.9 Å². The van der Waals surface area contributed by atoms with Gasteiger partial charge < -0.3 is 20.3 Å². The van der Waals surface area contributed by atoms with E-state index in [-0.39, 0.29) is 18.5 Å². The van der Waals surface area contributed by atoms with Crippen LogP contribution < -0.4 is 5.32 Å². The Labute approximate surface area is 450 Å². The molecule has 3 N–H and O–H groups in total. The number of hydrogen-bond donors (Lipinski definition) is 3. The molecule has 428 valence electrons. The smallest absolute Gasteiger partial charge is 0.305 e. The third kappa shape index (κ3) is 57.9. The summed E-state index contributed by atoms with van der Waals surface area (Å²) in [6.07, 6.45) is 75.7. The lowest BCUT2D eigenvalue weighted by Gasteiger charge is -2.20. The molecule has 0 heterocycles. The minimum atomic E-state index is -0.840. The standard InChI is InChI=1S/C66H129NO5/c1-3-5-7-9-11-13-15-16-17-18-31-34-37-40-44-48-52-56-60-66(71)72-61-57-53-49-45-41-38-35-32-29-27-25-23-21-19-20-22-24-26-28-30-33-36-39-43-47-51-55-59-65(70)67-63(62-68)64(69)58-54-50-46-42-14-12-10-8-6-4-2/h54,58,63-64,68-69H,3-53,55-57,59-62H2,1-2H3,(H,67,70)/b58-54+. The number of ether oxygens (including phenoxy) is 1. The van der Waals surface area contributed by atoms with Crippen LogP contribution in [-0.2, 0) is 14.3 Å². The van der Waals surface area contributed by atoms with E-state index in [0.717, 1.165) is 38.5 Å². The van der Waals surface area contributed by atoms with Crippen LogP contribution >= 0.6 is 0 Å². The number of esters is 1. The first-order valence-electron chi connectivity index (χ1n) is 33.0. The molecule has 2 unspecified atom stereocenters. The molecule has 0 bridgehead atoms. The van der Waals surface area contributed by atoms with Crippen molar-refractivity contribution in [1.29, 1.82) is 0 Å². The second-order valence-corrected chi connectivity index (χ2v) is 22.8. The van der Waals surface area contributed by atoms with Gasteiger partial charge in [-0.05, 0) is 32.1 Å². The summed E-state index contributed by atoms with van der Waals surface area (Å²) >= 11 is 0. The molecule has 0 rings (SSSR count). The van der Waals surface area contributed by atoms with Crippen LogP contribution in [0.2, 0.25) is 0 Å². The van der Waals surface area contributed by atoms with Crippen LogP contribution in [0.3, 0.4) is 0 Å². The third-order valence-electron chi connectivity index (χ3n) is 15.6. The first-order valence-corrected chi connectivity index (χ1v) is 33.0. The lowest BCUT2D eigenvalue weighted by molar-refractivity contribution is -0.143. The molecule has 0 aliphatic carbocycles. The summed E-state index contributed by atoms with van der Waals surface area (Å²) in [4.78, 5) is 24.5. The van der Waals surface area contributed by atoms with Gasteiger partial charge in [-0.3, -0.25) is 9.59 Å². The van der Waals surface area contributed by atoms with Crippen LogP contribution in [0.5, 0.6) is 0 Å². The Morgan fingerprint density at radius 1 is 0.375 bits per heavy atom. The highest BCUT2D eigenvalue weighted by Gasteiger charge is 2.18. The topological polar surface area (TPSA) is 95.9 Å². The Kier molecular flexibility index (Phi) is 60.9. The monoisotopic (exact) mass is 1020 g/mol. The molecule has 0 fully saturated rings. The number of carbonyl (C=O) groups is 2. The Bertz CT molecular complexity index is 1080.